The van der Waals surface area contributed by atoms with E-state index in [1.165, 1.54) is 24.3 Å². The van der Waals surface area contributed by atoms with Crippen LogP contribution in [0.5, 0.6) is 0 Å². The number of carbonyl (C=O) groups is 2. The second-order valence-electron chi connectivity index (χ2n) is 6.28. The van der Waals surface area contributed by atoms with E-state index in [4.69, 9.17) is 4.74 Å². The average Bonchev–Trinajstić information content (AvgIpc) is 2.77. The monoisotopic (exact) mass is 402 g/mol. The van der Waals surface area contributed by atoms with Gasteiger partial charge in [0.25, 0.3) is 11.6 Å². The highest BCUT2D eigenvalue weighted by molar-refractivity contribution is 5.94. The minimum Gasteiger partial charge on any atom is -0.452 e. The summed E-state index contributed by atoms with van der Waals surface area (Å²) >= 11 is 0. The van der Waals surface area contributed by atoms with Crippen LogP contribution in [-0.4, -0.2) is 23.4 Å². The van der Waals surface area contributed by atoms with Crippen LogP contribution in [0, 0.1) is 10.1 Å². The van der Waals surface area contributed by atoms with Crippen LogP contribution in [0.1, 0.15) is 5.56 Å². The number of nitrogens with zero attached hydrogens (tertiary/aromatic N) is 1. The van der Waals surface area contributed by atoms with Crippen LogP contribution in [0.4, 0.5) is 11.4 Å². The average molecular weight is 402 g/mol. The van der Waals surface area contributed by atoms with Gasteiger partial charge in [-0.25, -0.2) is 4.79 Å². The van der Waals surface area contributed by atoms with Crippen LogP contribution in [0.25, 0.3) is 17.2 Å². The number of anilines is 1. The summed E-state index contributed by atoms with van der Waals surface area (Å²) in [5, 5.41) is 13.4. The first-order chi connectivity index (χ1) is 14.5. The molecule has 0 saturated heterocycles. The van der Waals surface area contributed by atoms with Gasteiger partial charge in [-0.1, -0.05) is 54.6 Å². The molecule has 1 N–H and O–H groups in total. The van der Waals surface area contributed by atoms with Crippen LogP contribution < -0.4 is 5.32 Å². The number of nitro groups is 1. The number of ether oxygens (including phenoxy) is 1. The summed E-state index contributed by atoms with van der Waals surface area (Å²) in [6, 6.07) is 23.0. The van der Waals surface area contributed by atoms with Crippen molar-refractivity contribution >= 4 is 29.3 Å². The molecule has 0 aliphatic carbocycles. The van der Waals surface area contributed by atoms with Crippen LogP contribution in [-0.2, 0) is 14.3 Å². The topological polar surface area (TPSA) is 98.5 Å². The van der Waals surface area contributed by atoms with E-state index in [-0.39, 0.29) is 5.69 Å². The molecule has 3 rings (SSSR count). The Balaban J connectivity index is 1.49. The molecule has 3 aromatic rings. The maximum Gasteiger partial charge on any atom is 0.331 e. The Morgan fingerprint density at radius 2 is 1.63 bits per heavy atom. The standard InChI is InChI=1S/C23H18N2O5/c26-22(24-20-12-10-19(11-13-20)18-6-2-1-3-7-18)16-30-23(27)14-9-17-5-4-8-21(15-17)25(28)29/h1-15H,16H2,(H,24,26)/b14-9+. The van der Waals surface area contributed by atoms with Gasteiger partial charge in [0.2, 0.25) is 0 Å². The summed E-state index contributed by atoms with van der Waals surface area (Å²) < 4.78 is 4.90. The Labute approximate surface area is 172 Å². The highest BCUT2D eigenvalue weighted by Crippen LogP contribution is 2.21. The molecular weight excluding hydrogens is 384 g/mol. The summed E-state index contributed by atoms with van der Waals surface area (Å²) in [5.41, 5.74) is 3.07. The number of nitrogens with one attached hydrogen (secondary N) is 1. The molecule has 3 aromatic carbocycles. The number of esters is 1. The molecule has 150 valence electrons. The van der Waals surface area contributed by atoms with Gasteiger partial charge in [-0.3, -0.25) is 14.9 Å². The zero-order chi connectivity index (χ0) is 21.3. The molecule has 0 radical (unpaired) electrons. The first kappa shape index (κ1) is 20.5. The molecule has 0 atom stereocenters. The largest absolute Gasteiger partial charge is 0.452 e. The third-order valence-corrected chi connectivity index (χ3v) is 4.11. The number of hydrogen-bond donors (Lipinski definition) is 1. The smallest absolute Gasteiger partial charge is 0.331 e. The predicted octanol–water partition coefficient (Wildman–Crippen LogP) is 4.46. The zero-order valence-electron chi connectivity index (χ0n) is 15.9. The Morgan fingerprint density at radius 1 is 0.933 bits per heavy atom. The molecule has 0 aliphatic rings. The fourth-order valence-corrected chi connectivity index (χ4v) is 2.66. The molecule has 0 heterocycles. The van der Waals surface area contributed by atoms with Crippen molar-refractivity contribution in [3.05, 3.63) is 101 Å². The van der Waals surface area contributed by atoms with E-state index in [0.717, 1.165) is 17.2 Å². The van der Waals surface area contributed by atoms with Gasteiger partial charge in [-0.05, 0) is 34.9 Å². The zero-order valence-corrected chi connectivity index (χ0v) is 15.9. The number of nitro benzene ring substituents is 1. The van der Waals surface area contributed by atoms with Gasteiger partial charge in [0, 0.05) is 23.9 Å². The van der Waals surface area contributed by atoms with Crippen LogP contribution in [0.15, 0.2) is 84.9 Å². The van der Waals surface area contributed by atoms with E-state index in [1.54, 1.807) is 18.2 Å². The molecule has 7 nitrogen and oxygen atoms in total. The van der Waals surface area contributed by atoms with Gasteiger partial charge < -0.3 is 10.1 Å². The van der Waals surface area contributed by atoms with Gasteiger partial charge in [-0.15, -0.1) is 0 Å². The summed E-state index contributed by atoms with van der Waals surface area (Å²) in [5.74, 6) is -1.20. The van der Waals surface area contributed by atoms with Crippen molar-refractivity contribution in [3.8, 4) is 11.1 Å². The van der Waals surface area contributed by atoms with Crippen molar-refractivity contribution < 1.29 is 19.2 Å². The molecule has 0 aliphatic heterocycles. The molecule has 0 fully saturated rings. The maximum absolute atomic E-state index is 12.0. The van der Waals surface area contributed by atoms with Gasteiger partial charge in [-0.2, -0.15) is 0 Å². The number of amides is 1. The molecule has 7 heteroatoms. The lowest BCUT2D eigenvalue weighted by atomic mass is 10.1. The predicted molar refractivity (Wildman–Crippen MR) is 114 cm³/mol. The third kappa shape index (κ3) is 5.87. The van der Waals surface area contributed by atoms with E-state index >= 15 is 0 Å². The number of non-ortho nitro benzene ring substituents is 1. The minimum atomic E-state index is -0.726. The van der Waals surface area contributed by atoms with Crippen LogP contribution in [0.3, 0.4) is 0 Å². The fraction of sp³-hybridized carbons (Fsp3) is 0.0435. The van der Waals surface area contributed by atoms with Crippen molar-refractivity contribution in [2.75, 3.05) is 11.9 Å². The third-order valence-electron chi connectivity index (χ3n) is 4.11. The lowest BCUT2D eigenvalue weighted by Crippen LogP contribution is -2.20. The maximum atomic E-state index is 12.0. The van der Waals surface area contributed by atoms with Gasteiger partial charge in [0.05, 0.1) is 4.92 Å². The number of carbonyl (C=O) groups excluding carboxylic acids is 2. The normalized spacial score (nSPS) is 10.5. The van der Waals surface area contributed by atoms with E-state index in [9.17, 15) is 19.7 Å². The molecule has 1 amide bonds. The fourth-order valence-electron chi connectivity index (χ4n) is 2.66. The van der Waals surface area contributed by atoms with Crippen molar-refractivity contribution in [1.29, 1.82) is 0 Å². The molecule has 0 aromatic heterocycles. The van der Waals surface area contributed by atoms with Crippen LogP contribution in [0.2, 0.25) is 0 Å². The van der Waals surface area contributed by atoms with E-state index in [2.05, 4.69) is 5.32 Å². The van der Waals surface area contributed by atoms with Crippen molar-refractivity contribution in [1.82, 2.24) is 0 Å². The van der Waals surface area contributed by atoms with Crippen LogP contribution >= 0.6 is 0 Å². The van der Waals surface area contributed by atoms with E-state index in [1.807, 2.05) is 42.5 Å². The first-order valence-electron chi connectivity index (χ1n) is 9.06. The quantitative estimate of drug-likeness (QED) is 0.272. The second kappa shape index (κ2) is 9.79. The number of benzene rings is 3. The summed E-state index contributed by atoms with van der Waals surface area (Å²) in [4.78, 5) is 34.0. The molecule has 0 unspecified atom stereocenters. The molecule has 0 bridgehead atoms. The Bertz CT molecular complexity index is 1080. The van der Waals surface area contributed by atoms with E-state index < -0.39 is 23.4 Å². The Morgan fingerprint density at radius 3 is 2.33 bits per heavy atom. The lowest BCUT2D eigenvalue weighted by molar-refractivity contribution is -0.384. The number of hydrogen-bond acceptors (Lipinski definition) is 5. The lowest BCUT2D eigenvalue weighted by Gasteiger charge is -2.07. The summed E-state index contributed by atoms with van der Waals surface area (Å²) in [7, 11) is 0. The highest BCUT2D eigenvalue weighted by atomic mass is 16.6. The number of rotatable bonds is 7. The van der Waals surface area contributed by atoms with Gasteiger partial charge in [0.15, 0.2) is 6.61 Å². The molecule has 30 heavy (non-hydrogen) atoms. The summed E-state index contributed by atoms with van der Waals surface area (Å²) in [6.45, 7) is -0.446. The van der Waals surface area contributed by atoms with E-state index in [0.29, 0.717) is 11.3 Å². The molecule has 0 saturated carbocycles. The highest BCUT2D eigenvalue weighted by Gasteiger charge is 2.07. The van der Waals surface area contributed by atoms with Crippen molar-refractivity contribution in [2.24, 2.45) is 0 Å². The van der Waals surface area contributed by atoms with Crippen molar-refractivity contribution in [3.63, 3.8) is 0 Å². The Hall–Kier alpha value is -4.26. The van der Waals surface area contributed by atoms with Gasteiger partial charge >= 0.3 is 5.97 Å². The second-order valence-corrected chi connectivity index (χ2v) is 6.28. The molecular formula is C23H18N2O5. The SMILES string of the molecule is O=C(COC(=O)/C=C/c1cccc([N+](=O)[O-])c1)Nc1ccc(-c2ccccc2)cc1. The molecule has 0 spiro atoms. The summed E-state index contributed by atoms with van der Waals surface area (Å²) in [6.07, 6.45) is 2.50. The van der Waals surface area contributed by atoms with Gasteiger partial charge in [0.1, 0.15) is 0 Å². The Kier molecular flexibility index (Phi) is 6.68. The first-order valence-corrected chi connectivity index (χ1v) is 9.06. The van der Waals surface area contributed by atoms with Crippen molar-refractivity contribution in [2.45, 2.75) is 0 Å². The minimum absolute atomic E-state index is 0.0804.